The van der Waals surface area contributed by atoms with Gasteiger partial charge in [0.15, 0.2) is 5.96 Å². The Balaban J connectivity index is 1.70. The topological polar surface area (TPSA) is 83.3 Å². The first-order valence-corrected chi connectivity index (χ1v) is 9.50. The summed E-state index contributed by atoms with van der Waals surface area (Å²) < 4.78 is 1.95. The molecule has 7 nitrogen and oxygen atoms in total. The van der Waals surface area contributed by atoms with E-state index in [4.69, 9.17) is 0 Å². The molecule has 1 aliphatic carbocycles. The van der Waals surface area contributed by atoms with Crippen LogP contribution in [-0.4, -0.2) is 40.8 Å². The van der Waals surface area contributed by atoms with E-state index in [0.717, 1.165) is 42.0 Å². The van der Waals surface area contributed by atoms with Crippen LogP contribution in [0.5, 0.6) is 0 Å². The Labute approximate surface area is 160 Å². The first-order chi connectivity index (χ1) is 13.1. The molecule has 7 heteroatoms. The number of aryl methyl sites for hydroxylation is 2. The molecule has 1 fully saturated rings. The molecular weight excluding hydrogens is 340 g/mol. The summed E-state index contributed by atoms with van der Waals surface area (Å²) in [4.78, 5) is 16.5. The zero-order valence-electron chi connectivity index (χ0n) is 16.2. The summed E-state index contributed by atoms with van der Waals surface area (Å²) in [5, 5.41) is 13.8. The van der Waals surface area contributed by atoms with Gasteiger partial charge in [-0.15, -0.1) is 0 Å². The molecule has 0 atom stereocenters. The average molecular weight is 368 g/mol. The summed E-state index contributed by atoms with van der Waals surface area (Å²) >= 11 is 0. The molecule has 0 bridgehead atoms. The normalized spacial score (nSPS) is 14.1. The van der Waals surface area contributed by atoms with E-state index in [9.17, 15) is 4.79 Å². The van der Waals surface area contributed by atoms with Crippen LogP contribution in [0.15, 0.2) is 35.3 Å². The predicted molar refractivity (Wildman–Crippen MR) is 107 cm³/mol. The fourth-order valence-corrected chi connectivity index (χ4v) is 2.90. The number of nitrogens with zero attached hydrogens (tertiary/aromatic N) is 3. The molecular formula is C20H28N6O. The second kappa shape index (κ2) is 8.70. The number of carbonyl (C=O) groups is 1. The van der Waals surface area contributed by atoms with E-state index in [1.54, 1.807) is 0 Å². The summed E-state index contributed by atoms with van der Waals surface area (Å²) in [5.41, 5.74) is 4.17. The van der Waals surface area contributed by atoms with Crippen molar-refractivity contribution in [1.29, 1.82) is 0 Å². The maximum atomic E-state index is 11.9. The van der Waals surface area contributed by atoms with E-state index in [1.165, 1.54) is 0 Å². The number of rotatable bonds is 7. The van der Waals surface area contributed by atoms with Crippen molar-refractivity contribution in [1.82, 2.24) is 25.7 Å². The molecule has 0 unspecified atom stereocenters. The Morgan fingerprint density at radius 3 is 2.70 bits per heavy atom. The van der Waals surface area contributed by atoms with E-state index in [-0.39, 0.29) is 12.5 Å². The van der Waals surface area contributed by atoms with E-state index in [2.05, 4.69) is 38.2 Å². The van der Waals surface area contributed by atoms with Gasteiger partial charge in [-0.2, -0.15) is 5.10 Å². The summed E-state index contributed by atoms with van der Waals surface area (Å²) in [6, 6.07) is 10.5. The fourth-order valence-electron chi connectivity index (χ4n) is 2.90. The van der Waals surface area contributed by atoms with Crippen LogP contribution in [0.25, 0.3) is 5.69 Å². The highest BCUT2D eigenvalue weighted by Gasteiger charge is 2.23. The average Bonchev–Trinajstić information content (AvgIpc) is 3.39. The number of hydrogen-bond acceptors (Lipinski definition) is 3. The number of para-hydroxylation sites is 1. The second-order valence-electron chi connectivity index (χ2n) is 6.86. The molecule has 27 heavy (non-hydrogen) atoms. The standard InChI is InChI=1S/C20H28N6O/c1-4-21-20(23-13-19(27)24-17-9-10-17)22-12-16-7-5-6-8-18(16)26-15(3)11-14(2)25-26/h5-8,11,17H,4,9-10,12-13H2,1-3H3,(H,24,27)(H2,21,22,23). The molecule has 0 saturated heterocycles. The van der Waals surface area contributed by atoms with Crippen molar-refractivity contribution in [3.63, 3.8) is 0 Å². The first-order valence-electron chi connectivity index (χ1n) is 9.50. The van der Waals surface area contributed by atoms with Gasteiger partial charge < -0.3 is 16.0 Å². The van der Waals surface area contributed by atoms with Crippen LogP contribution in [0.1, 0.15) is 36.7 Å². The number of aromatic nitrogens is 2. The van der Waals surface area contributed by atoms with E-state index >= 15 is 0 Å². The molecule has 0 spiro atoms. The monoisotopic (exact) mass is 368 g/mol. The fraction of sp³-hybridized carbons (Fsp3) is 0.450. The minimum atomic E-state index is 0.00569. The molecule has 0 radical (unpaired) electrons. The summed E-state index contributed by atoms with van der Waals surface area (Å²) in [7, 11) is 0. The van der Waals surface area contributed by atoms with Crippen LogP contribution in [0, 0.1) is 13.8 Å². The lowest BCUT2D eigenvalue weighted by Crippen LogP contribution is -2.43. The molecule has 1 saturated carbocycles. The predicted octanol–water partition coefficient (Wildman–Crippen LogP) is 1.82. The van der Waals surface area contributed by atoms with Gasteiger partial charge in [-0.25, -0.2) is 9.67 Å². The van der Waals surface area contributed by atoms with Crippen LogP contribution in [-0.2, 0) is 11.3 Å². The lowest BCUT2D eigenvalue weighted by atomic mass is 10.2. The van der Waals surface area contributed by atoms with Gasteiger partial charge in [0.1, 0.15) is 0 Å². The molecule has 3 rings (SSSR count). The second-order valence-corrected chi connectivity index (χ2v) is 6.86. The number of amides is 1. The summed E-state index contributed by atoms with van der Waals surface area (Å²) in [5.74, 6) is 0.637. The SMILES string of the molecule is CCNC(=NCc1ccccc1-n1nc(C)cc1C)NCC(=O)NC1CC1. The molecule has 3 N–H and O–H groups in total. The van der Waals surface area contributed by atoms with Gasteiger partial charge in [0.05, 0.1) is 24.5 Å². The Kier molecular flexibility index (Phi) is 6.11. The highest BCUT2D eigenvalue weighted by Crippen LogP contribution is 2.18. The van der Waals surface area contributed by atoms with Gasteiger partial charge in [-0.1, -0.05) is 18.2 Å². The zero-order chi connectivity index (χ0) is 19.2. The van der Waals surface area contributed by atoms with E-state index < -0.39 is 0 Å². The third-order valence-corrected chi connectivity index (χ3v) is 4.34. The Hall–Kier alpha value is -2.83. The van der Waals surface area contributed by atoms with Gasteiger partial charge >= 0.3 is 0 Å². The van der Waals surface area contributed by atoms with Crippen LogP contribution in [0.4, 0.5) is 0 Å². The number of benzene rings is 1. The lowest BCUT2D eigenvalue weighted by Gasteiger charge is -2.13. The van der Waals surface area contributed by atoms with E-state index in [0.29, 0.717) is 18.5 Å². The van der Waals surface area contributed by atoms with Crippen molar-refractivity contribution >= 4 is 11.9 Å². The van der Waals surface area contributed by atoms with Crippen LogP contribution in [0.3, 0.4) is 0 Å². The summed E-state index contributed by atoms with van der Waals surface area (Å²) in [6.07, 6.45) is 2.17. The molecule has 2 aromatic rings. The summed E-state index contributed by atoms with van der Waals surface area (Å²) in [6.45, 7) is 7.49. The molecule has 1 aliphatic rings. The third kappa shape index (κ3) is 5.32. The quantitative estimate of drug-likeness (QED) is 0.514. The molecule has 144 valence electrons. The smallest absolute Gasteiger partial charge is 0.239 e. The largest absolute Gasteiger partial charge is 0.357 e. The molecule has 1 aromatic carbocycles. The van der Waals surface area contributed by atoms with Crippen LogP contribution in [0.2, 0.25) is 0 Å². The highest BCUT2D eigenvalue weighted by atomic mass is 16.2. The van der Waals surface area contributed by atoms with Gasteiger partial charge in [-0.3, -0.25) is 4.79 Å². The first kappa shape index (κ1) is 18.9. The molecule has 1 aromatic heterocycles. The van der Waals surface area contributed by atoms with E-state index in [1.807, 2.05) is 43.7 Å². The number of hydrogen-bond donors (Lipinski definition) is 3. The lowest BCUT2D eigenvalue weighted by molar-refractivity contribution is -0.120. The molecule has 0 aliphatic heterocycles. The van der Waals surface area contributed by atoms with Crippen molar-refractivity contribution in [2.75, 3.05) is 13.1 Å². The Morgan fingerprint density at radius 2 is 2.04 bits per heavy atom. The highest BCUT2D eigenvalue weighted by molar-refractivity contribution is 5.86. The zero-order valence-corrected chi connectivity index (χ0v) is 16.2. The van der Waals surface area contributed by atoms with Crippen molar-refractivity contribution < 1.29 is 4.79 Å². The van der Waals surface area contributed by atoms with Gasteiger partial charge in [-0.05, 0) is 51.3 Å². The Morgan fingerprint density at radius 1 is 1.26 bits per heavy atom. The minimum Gasteiger partial charge on any atom is -0.357 e. The van der Waals surface area contributed by atoms with Crippen molar-refractivity contribution in [3.8, 4) is 5.69 Å². The Bertz CT molecular complexity index is 822. The van der Waals surface area contributed by atoms with Crippen molar-refractivity contribution in [3.05, 3.63) is 47.3 Å². The van der Waals surface area contributed by atoms with Crippen LogP contribution >= 0.6 is 0 Å². The third-order valence-electron chi connectivity index (χ3n) is 4.34. The minimum absolute atomic E-state index is 0.00569. The molecule has 1 amide bonds. The number of aliphatic imine (C=N–C) groups is 1. The molecule has 1 heterocycles. The van der Waals surface area contributed by atoms with Crippen LogP contribution < -0.4 is 16.0 Å². The van der Waals surface area contributed by atoms with Gasteiger partial charge in [0.2, 0.25) is 5.91 Å². The number of guanidine groups is 1. The van der Waals surface area contributed by atoms with Crippen molar-refractivity contribution in [2.45, 2.75) is 46.2 Å². The van der Waals surface area contributed by atoms with Gasteiger partial charge in [0, 0.05) is 18.3 Å². The number of carbonyl (C=O) groups excluding carboxylic acids is 1. The van der Waals surface area contributed by atoms with Gasteiger partial charge in [0.25, 0.3) is 0 Å². The maximum Gasteiger partial charge on any atom is 0.239 e. The van der Waals surface area contributed by atoms with Crippen molar-refractivity contribution in [2.24, 2.45) is 4.99 Å². The number of nitrogens with one attached hydrogen (secondary N) is 3. The maximum absolute atomic E-state index is 11.9.